The van der Waals surface area contributed by atoms with Crippen LogP contribution in [0.15, 0.2) is 90.5 Å². The molecule has 4 heterocycles. The first-order valence-corrected chi connectivity index (χ1v) is 19.3. The van der Waals surface area contributed by atoms with Crippen LogP contribution in [-0.2, 0) is 31.3 Å². The molecule has 2 aromatic heterocycles. The van der Waals surface area contributed by atoms with Gasteiger partial charge in [0.15, 0.2) is 0 Å². The lowest BCUT2D eigenvalue weighted by Gasteiger charge is -2.37. The van der Waals surface area contributed by atoms with E-state index < -0.39 is 17.9 Å². The monoisotopic (exact) mass is 805 g/mol. The van der Waals surface area contributed by atoms with Gasteiger partial charge in [0.05, 0.1) is 29.8 Å². The molecule has 17 heteroatoms. The van der Waals surface area contributed by atoms with Crippen molar-refractivity contribution in [1.82, 2.24) is 34.4 Å². The van der Waals surface area contributed by atoms with E-state index in [4.69, 9.17) is 42.1 Å². The number of nitrogens with zero attached hydrogens (tertiary/aromatic N) is 8. The standard InChI is InChI=1S/C39H45Cl2N9O6/c1-27(28(2)55-37(51)14-15-42-3)50-38(52)49(26-45-50)32-7-5-30(6-8-32)46-16-18-47(19-17-46)31-9-11-33(12-10-31)53-21-34-22-54-39(56-34,23-48-25-43-24-44-48)35-13-4-29(40)20-36(35)41/h4-13,20,24-28,34,42H,14-19,21-23H2,1-3H3. The largest absolute Gasteiger partial charge is 0.491 e. The van der Waals surface area contributed by atoms with Crippen molar-refractivity contribution < 1.29 is 23.7 Å². The SMILES string of the molecule is CNCCC(=O)OC(C)C(C)n1ncn(-c2ccc(N3CCN(c4ccc(OCC5COC(Cn6cncn6)(c6ccc(Cl)cc6Cl)O5)cc4)CC3)cc2)c1=O. The third-order valence-electron chi connectivity index (χ3n) is 10.1. The van der Waals surface area contributed by atoms with Gasteiger partial charge in [0.1, 0.15) is 50.1 Å². The topological polar surface area (TPSA) is 143 Å². The number of carbonyl (C=O) groups is 1. The lowest BCUT2D eigenvalue weighted by Crippen LogP contribution is -2.46. The van der Waals surface area contributed by atoms with Gasteiger partial charge in [0, 0.05) is 54.7 Å². The molecule has 2 fully saturated rings. The number of piperazine rings is 1. The Labute approximate surface area is 334 Å². The molecule has 0 radical (unpaired) electrons. The van der Waals surface area contributed by atoms with Crippen LogP contribution < -0.4 is 25.5 Å². The van der Waals surface area contributed by atoms with Gasteiger partial charge in [-0.15, -0.1) is 0 Å². The van der Waals surface area contributed by atoms with Crippen LogP contribution in [0.5, 0.6) is 5.75 Å². The zero-order valence-corrected chi connectivity index (χ0v) is 33.0. The molecule has 0 spiro atoms. The van der Waals surface area contributed by atoms with Crippen LogP contribution in [0.4, 0.5) is 11.4 Å². The molecule has 2 aliphatic heterocycles. The molecule has 0 aliphatic carbocycles. The van der Waals surface area contributed by atoms with Crippen LogP contribution in [0.3, 0.4) is 0 Å². The van der Waals surface area contributed by atoms with Gasteiger partial charge in [-0.25, -0.2) is 23.7 Å². The number of carbonyl (C=O) groups excluding carboxylic acids is 1. The maximum absolute atomic E-state index is 13.3. The van der Waals surface area contributed by atoms with Crippen LogP contribution >= 0.6 is 23.2 Å². The molecule has 3 aromatic carbocycles. The Morgan fingerprint density at radius 2 is 1.62 bits per heavy atom. The summed E-state index contributed by atoms with van der Waals surface area (Å²) in [5.41, 5.74) is 3.26. The number of halogens is 2. The van der Waals surface area contributed by atoms with Gasteiger partial charge in [0.25, 0.3) is 0 Å². The van der Waals surface area contributed by atoms with E-state index in [1.165, 1.54) is 21.9 Å². The van der Waals surface area contributed by atoms with E-state index in [9.17, 15) is 9.59 Å². The summed E-state index contributed by atoms with van der Waals surface area (Å²) in [7, 11) is 1.77. The molecule has 5 aromatic rings. The zero-order valence-electron chi connectivity index (χ0n) is 31.5. The maximum atomic E-state index is 13.3. The molecule has 0 bridgehead atoms. The summed E-state index contributed by atoms with van der Waals surface area (Å²) in [5.74, 6) is -0.768. The molecule has 0 amide bonds. The van der Waals surface area contributed by atoms with E-state index in [1.807, 2.05) is 43.3 Å². The number of esters is 1. The number of hydrogen-bond donors (Lipinski definition) is 1. The highest BCUT2D eigenvalue weighted by molar-refractivity contribution is 6.35. The Kier molecular flexibility index (Phi) is 12.3. The molecule has 0 saturated carbocycles. The number of nitrogens with one attached hydrogen (secondary N) is 1. The van der Waals surface area contributed by atoms with Gasteiger partial charge in [0.2, 0.25) is 5.79 Å². The van der Waals surface area contributed by atoms with Gasteiger partial charge in [-0.2, -0.15) is 10.2 Å². The van der Waals surface area contributed by atoms with Crippen LogP contribution in [-0.4, -0.2) is 100 Å². The van der Waals surface area contributed by atoms with Crippen LogP contribution in [0.1, 0.15) is 31.9 Å². The van der Waals surface area contributed by atoms with Crippen LogP contribution in [0.25, 0.3) is 5.69 Å². The minimum Gasteiger partial charge on any atom is -0.491 e. The predicted molar refractivity (Wildman–Crippen MR) is 212 cm³/mol. The molecule has 296 valence electrons. The third kappa shape index (κ3) is 8.87. The highest BCUT2D eigenvalue weighted by atomic mass is 35.5. The third-order valence-corrected chi connectivity index (χ3v) is 10.7. The summed E-state index contributed by atoms with van der Waals surface area (Å²) >= 11 is 12.8. The molecule has 4 unspecified atom stereocenters. The molecule has 1 N–H and O–H groups in total. The van der Waals surface area contributed by atoms with Crippen LogP contribution in [0, 0.1) is 0 Å². The summed E-state index contributed by atoms with van der Waals surface area (Å²) in [4.78, 5) is 34.1. The summed E-state index contributed by atoms with van der Waals surface area (Å²) < 4.78 is 28.9. The first kappa shape index (κ1) is 39.3. The van der Waals surface area contributed by atoms with Gasteiger partial charge >= 0.3 is 11.7 Å². The summed E-state index contributed by atoms with van der Waals surface area (Å²) in [6, 6.07) is 20.8. The molecule has 15 nitrogen and oxygen atoms in total. The quantitative estimate of drug-likeness (QED) is 0.147. The second-order valence-corrected chi connectivity index (χ2v) is 14.7. The Morgan fingerprint density at radius 1 is 0.946 bits per heavy atom. The van der Waals surface area contributed by atoms with Gasteiger partial charge < -0.3 is 34.1 Å². The first-order chi connectivity index (χ1) is 27.1. The van der Waals surface area contributed by atoms with E-state index in [0.29, 0.717) is 34.4 Å². The van der Waals surface area contributed by atoms with E-state index in [0.717, 1.165) is 43.3 Å². The number of anilines is 2. The molecule has 2 aliphatic rings. The van der Waals surface area contributed by atoms with Gasteiger partial charge in [-0.3, -0.25) is 4.79 Å². The molecular weight excluding hydrogens is 761 g/mol. The minimum absolute atomic E-state index is 0.255. The lowest BCUT2D eigenvalue weighted by molar-refractivity contribution is -0.190. The molecule has 7 rings (SSSR count). The second kappa shape index (κ2) is 17.5. The van der Waals surface area contributed by atoms with Crippen LogP contribution in [0.2, 0.25) is 10.0 Å². The van der Waals surface area contributed by atoms with Crippen molar-refractivity contribution in [3.8, 4) is 11.4 Å². The van der Waals surface area contributed by atoms with E-state index in [1.54, 1.807) is 43.2 Å². The Balaban J connectivity index is 0.900. The molecule has 2 saturated heterocycles. The van der Waals surface area contributed by atoms with Crippen molar-refractivity contribution in [2.45, 2.75) is 50.8 Å². The van der Waals surface area contributed by atoms with E-state index in [2.05, 4.69) is 42.4 Å². The molecule has 4 atom stereocenters. The summed E-state index contributed by atoms with van der Waals surface area (Å²) in [5, 5.41) is 12.4. The number of ether oxygens (including phenoxy) is 4. The van der Waals surface area contributed by atoms with Crippen molar-refractivity contribution in [2.75, 3.05) is 62.8 Å². The van der Waals surface area contributed by atoms with E-state index in [-0.39, 0.29) is 37.3 Å². The van der Waals surface area contributed by atoms with Crippen molar-refractivity contribution in [2.24, 2.45) is 0 Å². The van der Waals surface area contributed by atoms with Crippen molar-refractivity contribution in [3.05, 3.63) is 112 Å². The normalized spacial score (nSPS) is 19.6. The fraction of sp³-hybridized carbons (Fsp3) is 0.410. The fourth-order valence-electron chi connectivity index (χ4n) is 6.84. The Morgan fingerprint density at radius 3 is 2.27 bits per heavy atom. The van der Waals surface area contributed by atoms with Gasteiger partial charge in [-0.05, 0) is 81.6 Å². The number of rotatable bonds is 15. The molecule has 56 heavy (non-hydrogen) atoms. The highest BCUT2D eigenvalue weighted by Crippen LogP contribution is 2.40. The predicted octanol–water partition coefficient (Wildman–Crippen LogP) is 4.71. The Bertz CT molecular complexity index is 2120. The highest BCUT2D eigenvalue weighted by Gasteiger charge is 2.45. The summed E-state index contributed by atoms with van der Waals surface area (Å²) in [6.07, 6.45) is 3.95. The van der Waals surface area contributed by atoms with Crippen molar-refractivity contribution in [3.63, 3.8) is 0 Å². The van der Waals surface area contributed by atoms with Gasteiger partial charge in [-0.1, -0.05) is 29.3 Å². The number of hydrogen-bond acceptors (Lipinski definition) is 12. The maximum Gasteiger partial charge on any atom is 0.350 e. The average molecular weight is 807 g/mol. The second-order valence-electron chi connectivity index (χ2n) is 13.8. The first-order valence-electron chi connectivity index (χ1n) is 18.6. The number of benzene rings is 3. The van der Waals surface area contributed by atoms with E-state index >= 15 is 0 Å². The van der Waals surface area contributed by atoms with Crippen molar-refractivity contribution in [1.29, 1.82) is 0 Å². The Hall–Kier alpha value is -4.93. The smallest absolute Gasteiger partial charge is 0.350 e. The fourth-order valence-corrected chi connectivity index (χ4v) is 7.39. The molecular formula is C39H45Cl2N9O6. The number of aromatic nitrogens is 6. The zero-order chi connectivity index (χ0) is 39.2. The lowest BCUT2D eigenvalue weighted by atomic mass is 10.1. The van der Waals surface area contributed by atoms with Crippen molar-refractivity contribution >= 4 is 40.5 Å². The average Bonchev–Trinajstić information content (AvgIpc) is 3.97. The summed E-state index contributed by atoms with van der Waals surface area (Å²) in [6.45, 7) is 8.32. The minimum atomic E-state index is -1.18.